The second-order valence-corrected chi connectivity index (χ2v) is 6.60. The van der Waals surface area contributed by atoms with Gasteiger partial charge in [0.2, 0.25) is 0 Å². The number of Topliss-reactive ketones (excluding diaryl/α,β-unsaturated/α-hetero) is 1. The van der Waals surface area contributed by atoms with Crippen molar-refractivity contribution in [3.63, 3.8) is 0 Å². The summed E-state index contributed by atoms with van der Waals surface area (Å²) < 4.78 is 1.92. The minimum absolute atomic E-state index is 0.0397. The molecular formula is C23H14N4O. The van der Waals surface area contributed by atoms with Gasteiger partial charge in [0.15, 0.2) is 11.4 Å². The van der Waals surface area contributed by atoms with Gasteiger partial charge in [0, 0.05) is 10.9 Å². The van der Waals surface area contributed by atoms with E-state index in [1.807, 2.05) is 53.1 Å². The molecule has 0 aliphatic rings. The molecule has 2 aromatic heterocycles. The Bertz CT molecular complexity index is 1410. The molecule has 0 bridgehead atoms. The van der Waals surface area contributed by atoms with Crippen molar-refractivity contribution in [2.24, 2.45) is 0 Å². The van der Waals surface area contributed by atoms with Crippen LogP contribution >= 0.6 is 0 Å². The van der Waals surface area contributed by atoms with E-state index in [1.54, 1.807) is 24.3 Å². The zero-order chi connectivity index (χ0) is 19.1. The number of rotatable bonds is 3. The Balaban J connectivity index is 1.69. The quantitative estimate of drug-likeness (QED) is 0.443. The number of nitriles is 1. The maximum atomic E-state index is 12.9. The van der Waals surface area contributed by atoms with Crippen molar-refractivity contribution >= 4 is 38.9 Å². The maximum Gasteiger partial charge on any atom is 0.182 e. The number of hydrogen-bond acceptors (Lipinski definition) is 4. The Morgan fingerprint density at radius 2 is 1.57 bits per heavy atom. The maximum absolute atomic E-state index is 12.9. The molecule has 28 heavy (non-hydrogen) atoms. The largest absolute Gasteiger partial charge is 0.316 e. The minimum atomic E-state index is -0.0397. The highest BCUT2D eigenvalue weighted by Gasteiger charge is 2.17. The molecule has 0 amide bonds. The molecule has 3 aromatic carbocycles. The van der Waals surface area contributed by atoms with E-state index in [4.69, 9.17) is 15.2 Å². The lowest BCUT2D eigenvalue weighted by atomic mass is 10.1. The fourth-order valence-corrected chi connectivity index (χ4v) is 3.51. The van der Waals surface area contributed by atoms with Crippen molar-refractivity contribution < 1.29 is 4.79 Å². The number of nitrogens with zero attached hydrogens (tertiary/aromatic N) is 4. The van der Waals surface area contributed by atoms with Gasteiger partial charge in [-0.3, -0.25) is 4.79 Å². The zero-order valence-electron chi connectivity index (χ0n) is 14.8. The molecule has 5 aromatic rings. The van der Waals surface area contributed by atoms with Crippen molar-refractivity contribution in [1.82, 2.24) is 14.5 Å². The van der Waals surface area contributed by atoms with Gasteiger partial charge in [-0.2, -0.15) is 5.26 Å². The van der Waals surface area contributed by atoms with E-state index in [2.05, 4.69) is 6.07 Å². The van der Waals surface area contributed by atoms with Gasteiger partial charge < -0.3 is 4.57 Å². The molecule has 132 valence electrons. The standard InChI is InChI=1S/C23H14N4O/c24-13-15-9-11-16(12-10-15)21(28)14-27-20-8-4-1-5-17(20)22-23(27)26-19-7-3-2-6-18(19)25-22/h1-12H,14H2. The van der Waals surface area contributed by atoms with Crippen LogP contribution in [0.25, 0.3) is 33.1 Å². The molecule has 5 rings (SSSR count). The van der Waals surface area contributed by atoms with Crippen LogP contribution in [0.2, 0.25) is 0 Å². The smallest absolute Gasteiger partial charge is 0.182 e. The second kappa shape index (κ2) is 6.29. The molecule has 2 heterocycles. The minimum Gasteiger partial charge on any atom is -0.316 e. The predicted molar refractivity (Wildman–Crippen MR) is 108 cm³/mol. The fourth-order valence-electron chi connectivity index (χ4n) is 3.51. The third-order valence-corrected chi connectivity index (χ3v) is 4.90. The first-order valence-electron chi connectivity index (χ1n) is 8.92. The molecule has 0 saturated carbocycles. The Labute approximate surface area is 160 Å². The second-order valence-electron chi connectivity index (χ2n) is 6.60. The van der Waals surface area contributed by atoms with Gasteiger partial charge in [0.05, 0.1) is 34.7 Å². The molecule has 0 fully saturated rings. The van der Waals surface area contributed by atoms with Gasteiger partial charge in [-0.1, -0.05) is 42.5 Å². The van der Waals surface area contributed by atoms with Gasteiger partial charge in [0.1, 0.15) is 5.52 Å². The molecule has 0 unspecified atom stereocenters. The van der Waals surface area contributed by atoms with Crippen LogP contribution in [0.1, 0.15) is 15.9 Å². The molecule has 0 aliphatic heterocycles. The van der Waals surface area contributed by atoms with Crippen LogP contribution < -0.4 is 0 Å². The summed E-state index contributed by atoms with van der Waals surface area (Å²) in [6, 6.07) is 24.4. The number of hydrogen-bond donors (Lipinski definition) is 0. The van der Waals surface area contributed by atoms with E-state index in [-0.39, 0.29) is 12.3 Å². The number of fused-ring (bicyclic) bond motifs is 4. The molecule has 5 heteroatoms. The van der Waals surface area contributed by atoms with Gasteiger partial charge in [-0.15, -0.1) is 0 Å². The van der Waals surface area contributed by atoms with E-state index in [0.29, 0.717) is 16.8 Å². The lowest BCUT2D eigenvalue weighted by Gasteiger charge is -2.07. The molecule has 0 aliphatic carbocycles. The summed E-state index contributed by atoms with van der Waals surface area (Å²) in [5.74, 6) is -0.0397. The van der Waals surface area contributed by atoms with Gasteiger partial charge in [-0.25, -0.2) is 9.97 Å². The van der Waals surface area contributed by atoms with Crippen LogP contribution in [0.3, 0.4) is 0 Å². The van der Waals surface area contributed by atoms with Crippen LogP contribution in [0.15, 0.2) is 72.8 Å². The summed E-state index contributed by atoms with van der Waals surface area (Å²) in [7, 11) is 0. The molecule has 0 radical (unpaired) electrons. The van der Waals surface area contributed by atoms with Crippen LogP contribution in [0.4, 0.5) is 0 Å². The molecule has 0 saturated heterocycles. The zero-order valence-corrected chi connectivity index (χ0v) is 14.8. The average molecular weight is 362 g/mol. The Morgan fingerprint density at radius 1 is 0.893 bits per heavy atom. The number of carbonyl (C=O) groups is 1. The summed E-state index contributed by atoms with van der Waals surface area (Å²) in [6.07, 6.45) is 0. The van der Waals surface area contributed by atoms with Crippen molar-refractivity contribution in [3.8, 4) is 6.07 Å². The first-order valence-corrected chi connectivity index (χ1v) is 8.92. The van der Waals surface area contributed by atoms with E-state index < -0.39 is 0 Å². The monoisotopic (exact) mass is 362 g/mol. The summed E-state index contributed by atoms with van der Waals surface area (Å²) in [5, 5.41) is 9.92. The summed E-state index contributed by atoms with van der Waals surface area (Å²) in [4.78, 5) is 22.5. The molecule has 5 nitrogen and oxygen atoms in total. The molecule has 0 N–H and O–H groups in total. The highest BCUT2D eigenvalue weighted by atomic mass is 16.1. The average Bonchev–Trinajstić information content (AvgIpc) is 3.05. The number of ketones is 1. The Kier molecular flexibility index (Phi) is 3.63. The highest BCUT2D eigenvalue weighted by Crippen LogP contribution is 2.28. The van der Waals surface area contributed by atoms with Crippen molar-refractivity contribution in [3.05, 3.63) is 83.9 Å². The normalized spacial score (nSPS) is 11.1. The predicted octanol–water partition coefficient (Wildman–Crippen LogP) is 4.49. The number of benzene rings is 3. The van der Waals surface area contributed by atoms with Crippen LogP contribution in [0.5, 0.6) is 0 Å². The topological polar surface area (TPSA) is 71.6 Å². The Morgan fingerprint density at radius 3 is 2.32 bits per heavy atom. The highest BCUT2D eigenvalue weighted by molar-refractivity contribution is 6.08. The summed E-state index contributed by atoms with van der Waals surface area (Å²) >= 11 is 0. The van der Waals surface area contributed by atoms with Crippen LogP contribution in [-0.4, -0.2) is 20.3 Å². The first kappa shape index (κ1) is 16.2. The van der Waals surface area contributed by atoms with Crippen molar-refractivity contribution in [1.29, 1.82) is 5.26 Å². The third-order valence-electron chi connectivity index (χ3n) is 4.90. The molecule has 0 atom stereocenters. The van der Waals surface area contributed by atoms with Crippen molar-refractivity contribution in [2.75, 3.05) is 0 Å². The van der Waals surface area contributed by atoms with Gasteiger partial charge in [-0.05, 0) is 30.3 Å². The number of para-hydroxylation sites is 3. The van der Waals surface area contributed by atoms with E-state index in [1.165, 1.54) is 0 Å². The van der Waals surface area contributed by atoms with Crippen molar-refractivity contribution in [2.45, 2.75) is 6.54 Å². The van der Waals surface area contributed by atoms with Crippen LogP contribution in [-0.2, 0) is 6.54 Å². The number of aromatic nitrogens is 3. The number of carbonyl (C=O) groups excluding carboxylic acids is 1. The lowest BCUT2D eigenvalue weighted by Crippen LogP contribution is -2.11. The summed E-state index contributed by atoms with van der Waals surface area (Å²) in [6.45, 7) is 0.156. The first-order chi connectivity index (χ1) is 13.7. The third kappa shape index (κ3) is 2.51. The van der Waals surface area contributed by atoms with E-state index in [9.17, 15) is 4.79 Å². The van der Waals surface area contributed by atoms with Gasteiger partial charge in [0.25, 0.3) is 0 Å². The lowest BCUT2D eigenvalue weighted by molar-refractivity contribution is 0.0974. The SMILES string of the molecule is N#Cc1ccc(C(=O)Cn2c3ccccc3c3nc4ccccc4nc32)cc1. The Hall–Kier alpha value is -4.04. The van der Waals surface area contributed by atoms with Gasteiger partial charge >= 0.3 is 0 Å². The molecule has 0 spiro atoms. The van der Waals surface area contributed by atoms with E-state index in [0.717, 1.165) is 27.5 Å². The van der Waals surface area contributed by atoms with E-state index >= 15 is 0 Å². The van der Waals surface area contributed by atoms with Crippen LogP contribution in [0, 0.1) is 11.3 Å². The molecular weight excluding hydrogens is 348 g/mol. The summed E-state index contributed by atoms with van der Waals surface area (Å²) in [5.41, 5.74) is 5.14. The fraction of sp³-hybridized carbons (Fsp3) is 0.0435.